The maximum atomic E-state index is 14.6. The third-order valence-corrected chi connectivity index (χ3v) is 4.84. The number of benzene rings is 2. The molecule has 140 valence electrons. The van der Waals surface area contributed by atoms with Gasteiger partial charge < -0.3 is 9.47 Å². The first kappa shape index (κ1) is 18.9. The largest absolute Gasteiger partial charge is 0.376 e. The quantitative estimate of drug-likeness (QED) is 0.688. The lowest BCUT2D eigenvalue weighted by molar-refractivity contribution is -0.0850. The van der Waals surface area contributed by atoms with Crippen LogP contribution in [0.5, 0.6) is 0 Å². The minimum absolute atomic E-state index is 0.00323. The minimum atomic E-state index is -0.971. The van der Waals surface area contributed by atoms with Gasteiger partial charge in [0.05, 0.1) is 18.8 Å². The highest BCUT2D eigenvalue weighted by molar-refractivity contribution is 5.65. The summed E-state index contributed by atoms with van der Waals surface area (Å²) in [5.41, 5.74) is 1.12. The van der Waals surface area contributed by atoms with E-state index in [1.165, 1.54) is 18.2 Å². The zero-order valence-corrected chi connectivity index (χ0v) is 15.0. The van der Waals surface area contributed by atoms with Gasteiger partial charge in [0.2, 0.25) is 0 Å². The van der Waals surface area contributed by atoms with Gasteiger partial charge in [0.1, 0.15) is 5.82 Å². The molecule has 0 saturated carbocycles. The second-order valence-electron chi connectivity index (χ2n) is 6.47. The summed E-state index contributed by atoms with van der Waals surface area (Å²) in [6, 6.07) is 7.49. The normalized spacial score (nSPS) is 20.3. The number of hydrogen-bond acceptors (Lipinski definition) is 2. The molecule has 2 nitrogen and oxygen atoms in total. The Morgan fingerprint density at radius 3 is 2.46 bits per heavy atom. The average molecular weight is 364 g/mol. The third kappa shape index (κ3) is 3.79. The Morgan fingerprint density at radius 2 is 1.85 bits per heavy atom. The molecule has 1 heterocycles. The van der Waals surface area contributed by atoms with Crippen molar-refractivity contribution in [2.75, 3.05) is 13.2 Å². The molecule has 0 N–H and O–H groups in total. The Hall–Kier alpha value is -1.85. The summed E-state index contributed by atoms with van der Waals surface area (Å²) < 4.78 is 54.4. The van der Waals surface area contributed by atoms with Crippen LogP contribution in [0.2, 0.25) is 0 Å². The van der Waals surface area contributed by atoms with Crippen molar-refractivity contribution in [3.8, 4) is 11.1 Å². The number of ether oxygens (including phenoxy) is 2. The summed E-state index contributed by atoms with van der Waals surface area (Å²) in [5.74, 6) is -2.31. The van der Waals surface area contributed by atoms with E-state index in [1.54, 1.807) is 12.1 Å². The number of rotatable bonds is 5. The fourth-order valence-electron chi connectivity index (χ4n) is 3.38. The molecule has 5 heteroatoms. The molecule has 2 atom stereocenters. The SMILES string of the molecule is CCOC1CCC(c2ccc(-c3ccc(CC)c(F)c3)c(F)c2F)OC1. The van der Waals surface area contributed by atoms with Gasteiger partial charge in [0.15, 0.2) is 11.6 Å². The van der Waals surface area contributed by atoms with Gasteiger partial charge >= 0.3 is 0 Å². The zero-order valence-electron chi connectivity index (χ0n) is 15.0. The van der Waals surface area contributed by atoms with Crippen LogP contribution in [0.3, 0.4) is 0 Å². The van der Waals surface area contributed by atoms with E-state index >= 15 is 0 Å². The third-order valence-electron chi connectivity index (χ3n) is 4.84. The first-order chi connectivity index (χ1) is 12.5. The lowest BCUT2D eigenvalue weighted by Crippen LogP contribution is -2.28. The Morgan fingerprint density at radius 1 is 1.04 bits per heavy atom. The van der Waals surface area contributed by atoms with E-state index < -0.39 is 23.6 Å². The van der Waals surface area contributed by atoms with Crippen molar-refractivity contribution < 1.29 is 22.6 Å². The van der Waals surface area contributed by atoms with Gasteiger partial charge in [-0.25, -0.2) is 13.2 Å². The van der Waals surface area contributed by atoms with Gasteiger partial charge in [-0.2, -0.15) is 0 Å². The molecule has 1 fully saturated rings. The van der Waals surface area contributed by atoms with Crippen LogP contribution in [0.4, 0.5) is 13.2 Å². The standard InChI is InChI=1S/C21H23F3O2/c1-3-13-5-6-14(11-18(13)22)16-8-9-17(21(24)20(16)23)19-10-7-15(12-26-19)25-4-2/h5-6,8-9,11,15,19H,3-4,7,10,12H2,1-2H3. The van der Waals surface area contributed by atoms with Crippen molar-refractivity contribution in [1.29, 1.82) is 0 Å². The molecule has 1 aliphatic heterocycles. The van der Waals surface area contributed by atoms with Gasteiger partial charge in [0.25, 0.3) is 0 Å². The molecule has 2 aromatic rings. The predicted octanol–water partition coefficient (Wildman–Crippen LogP) is 5.59. The van der Waals surface area contributed by atoms with E-state index in [4.69, 9.17) is 9.47 Å². The molecule has 26 heavy (non-hydrogen) atoms. The Labute approximate surface area is 151 Å². The summed E-state index contributed by atoms with van der Waals surface area (Å²) in [6.45, 7) is 4.72. The molecule has 2 aromatic carbocycles. The van der Waals surface area contributed by atoms with Crippen LogP contribution in [0.15, 0.2) is 30.3 Å². The monoisotopic (exact) mass is 364 g/mol. The summed E-state index contributed by atoms with van der Waals surface area (Å²) in [4.78, 5) is 0. The molecule has 0 radical (unpaired) electrons. The topological polar surface area (TPSA) is 18.5 Å². The molecule has 0 aliphatic carbocycles. The van der Waals surface area contributed by atoms with Gasteiger partial charge in [-0.1, -0.05) is 31.2 Å². The zero-order chi connectivity index (χ0) is 18.7. The summed E-state index contributed by atoms with van der Waals surface area (Å²) >= 11 is 0. The fraction of sp³-hybridized carbons (Fsp3) is 0.429. The lowest BCUT2D eigenvalue weighted by atomic mass is 9.95. The second-order valence-corrected chi connectivity index (χ2v) is 6.47. The van der Waals surface area contributed by atoms with Gasteiger partial charge in [0, 0.05) is 17.7 Å². The summed E-state index contributed by atoms with van der Waals surface area (Å²) in [7, 11) is 0. The molecule has 1 aliphatic rings. The smallest absolute Gasteiger partial charge is 0.167 e. The van der Waals surface area contributed by atoms with Crippen LogP contribution in [0.25, 0.3) is 11.1 Å². The van der Waals surface area contributed by atoms with Crippen molar-refractivity contribution in [3.63, 3.8) is 0 Å². The summed E-state index contributed by atoms with van der Waals surface area (Å²) in [5, 5.41) is 0. The van der Waals surface area contributed by atoms with Gasteiger partial charge in [-0.3, -0.25) is 0 Å². The molecular formula is C21H23F3O2. The van der Waals surface area contributed by atoms with Crippen LogP contribution in [-0.4, -0.2) is 19.3 Å². The van der Waals surface area contributed by atoms with E-state index in [9.17, 15) is 13.2 Å². The highest BCUT2D eigenvalue weighted by Crippen LogP contribution is 2.35. The predicted molar refractivity (Wildman–Crippen MR) is 94.5 cm³/mol. The van der Waals surface area contributed by atoms with Crippen LogP contribution in [0, 0.1) is 17.5 Å². The van der Waals surface area contributed by atoms with Gasteiger partial charge in [-0.15, -0.1) is 0 Å². The minimum Gasteiger partial charge on any atom is -0.376 e. The lowest BCUT2D eigenvalue weighted by Gasteiger charge is -2.29. The molecule has 0 bridgehead atoms. The summed E-state index contributed by atoms with van der Waals surface area (Å²) in [6.07, 6.45) is 1.37. The Bertz CT molecular complexity index is 768. The molecule has 1 saturated heterocycles. The molecule has 0 aromatic heterocycles. The number of aryl methyl sites for hydroxylation is 1. The van der Waals surface area contributed by atoms with E-state index in [2.05, 4.69) is 0 Å². The molecule has 3 rings (SSSR count). The van der Waals surface area contributed by atoms with E-state index in [-0.39, 0.29) is 17.2 Å². The van der Waals surface area contributed by atoms with Crippen LogP contribution in [0.1, 0.15) is 43.9 Å². The molecular weight excluding hydrogens is 341 g/mol. The molecule has 0 spiro atoms. The van der Waals surface area contributed by atoms with Crippen molar-refractivity contribution in [2.24, 2.45) is 0 Å². The molecule has 2 unspecified atom stereocenters. The number of hydrogen-bond donors (Lipinski definition) is 0. The van der Waals surface area contributed by atoms with E-state index in [0.717, 1.165) is 6.42 Å². The first-order valence-electron chi connectivity index (χ1n) is 9.05. The first-order valence-corrected chi connectivity index (χ1v) is 9.05. The average Bonchev–Trinajstić information content (AvgIpc) is 2.65. The number of halogens is 3. The Balaban J connectivity index is 1.84. The van der Waals surface area contributed by atoms with Crippen molar-refractivity contribution in [3.05, 3.63) is 58.9 Å². The van der Waals surface area contributed by atoms with Crippen molar-refractivity contribution in [1.82, 2.24) is 0 Å². The van der Waals surface area contributed by atoms with Crippen molar-refractivity contribution >= 4 is 0 Å². The van der Waals surface area contributed by atoms with E-state index in [1.807, 2.05) is 13.8 Å². The second kappa shape index (κ2) is 8.23. The van der Waals surface area contributed by atoms with Gasteiger partial charge in [-0.05, 0) is 43.4 Å². The molecule has 0 amide bonds. The highest BCUT2D eigenvalue weighted by atomic mass is 19.2. The fourth-order valence-corrected chi connectivity index (χ4v) is 3.38. The van der Waals surface area contributed by atoms with Crippen LogP contribution >= 0.6 is 0 Å². The highest BCUT2D eigenvalue weighted by Gasteiger charge is 2.27. The van der Waals surface area contributed by atoms with Crippen LogP contribution in [-0.2, 0) is 15.9 Å². The van der Waals surface area contributed by atoms with Crippen molar-refractivity contribution in [2.45, 2.75) is 45.3 Å². The maximum absolute atomic E-state index is 14.6. The Kier molecular flexibility index (Phi) is 5.99. The van der Waals surface area contributed by atoms with E-state index in [0.29, 0.717) is 37.2 Å². The van der Waals surface area contributed by atoms with Crippen LogP contribution < -0.4 is 0 Å². The maximum Gasteiger partial charge on any atom is 0.167 e.